The number of hydrogen-bond acceptors (Lipinski definition) is 7. The number of nitrogens with zero attached hydrogens (tertiary/aromatic N) is 5. The molecule has 0 saturated carbocycles. The molecule has 0 unspecified atom stereocenters. The summed E-state index contributed by atoms with van der Waals surface area (Å²) in [4.78, 5) is 27.4. The summed E-state index contributed by atoms with van der Waals surface area (Å²) in [6, 6.07) is 0. The van der Waals surface area contributed by atoms with E-state index in [0.29, 0.717) is 25.7 Å². The lowest BCUT2D eigenvalue weighted by atomic mass is 10.0. The van der Waals surface area contributed by atoms with Gasteiger partial charge in [-0.15, -0.1) is 0 Å². The fourth-order valence-corrected chi connectivity index (χ4v) is 3.46. The van der Waals surface area contributed by atoms with Gasteiger partial charge in [0.1, 0.15) is 5.82 Å². The van der Waals surface area contributed by atoms with Gasteiger partial charge in [-0.2, -0.15) is 4.98 Å². The average molecular weight is 363 g/mol. The Morgan fingerprint density at radius 2 is 2.15 bits per heavy atom. The first-order valence-corrected chi connectivity index (χ1v) is 9.17. The predicted molar refractivity (Wildman–Crippen MR) is 99.6 cm³/mol. The number of morpholine rings is 1. The highest BCUT2D eigenvalue weighted by Crippen LogP contribution is 2.29. The molecule has 0 spiro atoms. The molecular weight excluding hydrogens is 334 g/mol. The summed E-state index contributed by atoms with van der Waals surface area (Å²) in [6.07, 6.45) is 1.81. The smallest absolute Gasteiger partial charge is 0.227 e. The second-order valence-corrected chi connectivity index (χ2v) is 7.08. The maximum Gasteiger partial charge on any atom is 0.227 e. The number of fused-ring (bicyclic) bond motifs is 1. The molecule has 0 aromatic carbocycles. The lowest BCUT2D eigenvalue weighted by Gasteiger charge is -2.37. The number of anilines is 2. The Bertz CT molecular complexity index is 652. The van der Waals surface area contributed by atoms with E-state index in [-0.39, 0.29) is 12.0 Å². The van der Waals surface area contributed by atoms with E-state index >= 15 is 0 Å². The van der Waals surface area contributed by atoms with Gasteiger partial charge < -0.3 is 24.2 Å². The van der Waals surface area contributed by atoms with E-state index in [0.717, 1.165) is 44.0 Å². The van der Waals surface area contributed by atoms with Gasteiger partial charge >= 0.3 is 0 Å². The number of methoxy groups -OCH3 is 1. The molecule has 1 aromatic heterocycles. The highest BCUT2D eigenvalue weighted by atomic mass is 16.5. The summed E-state index contributed by atoms with van der Waals surface area (Å²) in [5.74, 6) is 1.77. The molecule has 8 heteroatoms. The molecule has 0 aliphatic carbocycles. The van der Waals surface area contributed by atoms with Crippen molar-refractivity contribution < 1.29 is 14.3 Å². The SMILES string of the molecule is COCC[C@H]1CN(c2nc(N(C)C)nc3c2CCN(C(C)=O)C3)CCO1. The van der Waals surface area contributed by atoms with Crippen LogP contribution in [0.5, 0.6) is 0 Å². The quantitative estimate of drug-likeness (QED) is 0.762. The van der Waals surface area contributed by atoms with Gasteiger partial charge in [0.25, 0.3) is 0 Å². The first-order valence-electron chi connectivity index (χ1n) is 9.17. The van der Waals surface area contributed by atoms with Crippen LogP contribution in [-0.2, 0) is 27.2 Å². The maximum atomic E-state index is 11.8. The summed E-state index contributed by atoms with van der Waals surface area (Å²) in [5.41, 5.74) is 2.13. The second-order valence-electron chi connectivity index (χ2n) is 7.08. The van der Waals surface area contributed by atoms with Crippen LogP contribution in [0.15, 0.2) is 0 Å². The van der Waals surface area contributed by atoms with Gasteiger partial charge in [0.2, 0.25) is 11.9 Å². The highest BCUT2D eigenvalue weighted by molar-refractivity contribution is 5.73. The lowest BCUT2D eigenvalue weighted by molar-refractivity contribution is -0.129. The summed E-state index contributed by atoms with van der Waals surface area (Å²) in [7, 11) is 5.60. The van der Waals surface area contributed by atoms with Gasteiger partial charge in [0.05, 0.1) is 24.9 Å². The number of amides is 1. The Morgan fingerprint density at radius 1 is 1.35 bits per heavy atom. The Hall–Kier alpha value is -1.93. The molecule has 2 aliphatic heterocycles. The van der Waals surface area contributed by atoms with Gasteiger partial charge in [-0.05, 0) is 12.8 Å². The van der Waals surface area contributed by atoms with E-state index in [9.17, 15) is 4.79 Å². The molecule has 26 heavy (non-hydrogen) atoms. The molecule has 1 amide bonds. The van der Waals surface area contributed by atoms with Crippen molar-refractivity contribution in [1.29, 1.82) is 0 Å². The average Bonchev–Trinajstić information content (AvgIpc) is 2.65. The molecule has 1 fully saturated rings. The number of ether oxygens (including phenoxy) is 2. The summed E-state index contributed by atoms with van der Waals surface area (Å²) in [6.45, 7) is 5.88. The summed E-state index contributed by atoms with van der Waals surface area (Å²) >= 11 is 0. The topological polar surface area (TPSA) is 71.0 Å². The van der Waals surface area contributed by atoms with E-state index in [1.165, 1.54) is 5.56 Å². The minimum absolute atomic E-state index is 0.0909. The normalized spacial score (nSPS) is 20.1. The zero-order chi connectivity index (χ0) is 18.7. The first-order chi connectivity index (χ1) is 12.5. The third-order valence-electron chi connectivity index (χ3n) is 4.96. The Balaban J connectivity index is 1.89. The Kier molecular flexibility index (Phi) is 5.93. The lowest BCUT2D eigenvalue weighted by Crippen LogP contribution is -2.45. The fourth-order valence-electron chi connectivity index (χ4n) is 3.46. The third kappa shape index (κ3) is 4.07. The number of rotatable bonds is 5. The van der Waals surface area contributed by atoms with E-state index in [2.05, 4.69) is 4.90 Å². The summed E-state index contributed by atoms with van der Waals surface area (Å²) < 4.78 is 11.1. The largest absolute Gasteiger partial charge is 0.385 e. The van der Waals surface area contributed by atoms with Crippen LogP contribution in [0, 0.1) is 0 Å². The monoisotopic (exact) mass is 363 g/mol. The molecule has 1 saturated heterocycles. The molecule has 1 atom stereocenters. The second kappa shape index (κ2) is 8.18. The van der Waals surface area contributed by atoms with Gasteiger partial charge in [-0.25, -0.2) is 4.98 Å². The van der Waals surface area contributed by atoms with Crippen LogP contribution < -0.4 is 9.80 Å². The standard InChI is InChI=1S/C18H29N5O3/c1-13(24)22-7-5-15-16(12-22)19-18(21(2)3)20-17(15)23-8-10-26-14(11-23)6-9-25-4/h14H,5-12H2,1-4H3/t14-/m0/s1. The molecule has 2 aliphatic rings. The number of carbonyl (C=O) groups is 1. The van der Waals surface area contributed by atoms with Gasteiger partial charge in [0.15, 0.2) is 0 Å². The van der Waals surface area contributed by atoms with Gasteiger partial charge in [-0.1, -0.05) is 0 Å². The molecule has 0 N–H and O–H groups in total. The molecule has 3 heterocycles. The van der Waals surface area contributed by atoms with Crippen molar-refractivity contribution in [2.24, 2.45) is 0 Å². The van der Waals surface area contributed by atoms with Crippen molar-refractivity contribution in [2.45, 2.75) is 32.4 Å². The van der Waals surface area contributed by atoms with Crippen molar-refractivity contribution in [2.75, 3.05) is 63.9 Å². The van der Waals surface area contributed by atoms with Crippen molar-refractivity contribution in [3.05, 3.63) is 11.3 Å². The van der Waals surface area contributed by atoms with Crippen molar-refractivity contribution >= 4 is 17.7 Å². The summed E-state index contributed by atoms with van der Waals surface area (Å²) in [5, 5.41) is 0. The van der Waals surface area contributed by atoms with Crippen LogP contribution in [0.3, 0.4) is 0 Å². The Labute approximate surface area is 155 Å². The van der Waals surface area contributed by atoms with Crippen molar-refractivity contribution in [3.63, 3.8) is 0 Å². The van der Waals surface area contributed by atoms with Crippen molar-refractivity contribution in [1.82, 2.24) is 14.9 Å². The highest BCUT2D eigenvalue weighted by Gasteiger charge is 2.29. The van der Waals surface area contributed by atoms with Crippen molar-refractivity contribution in [3.8, 4) is 0 Å². The van der Waals surface area contributed by atoms with E-state index in [1.54, 1.807) is 14.0 Å². The van der Waals surface area contributed by atoms with Crippen LogP contribution in [0.25, 0.3) is 0 Å². The minimum atomic E-state index is 0.0909. The molecular formula is C18H29N5O3. The minimum Gasteiger partial charge on any atom is -0.385 e. The number of hydrogen-bond donors (Lipinski definition) is 0. The third-order valence-corrected chi connectivity index (χ3v) is 4.96. The molecule has 8 nitrogen and oxygen atoms in total. The predicted octanol–water partition coefficient (Wildman–Crippen LogP) is 0.689. The number of carbonyl (C=O) groups excluding carboxylic acids is 1. The fraction of sp³-hybridized carbons (Fsp3) is 0.722. The van der Waals surface area contributed by atoms with Crippen LogP contribution >= 0.6 is 0 Å². The maximum absolute atomic E-state index is 11.8. The van der Waals surface area contributed by atoms with E-state index < -0.39 is 0 Å². The zero-order valence-corrected chi connectivity index (χ0v) is 16.2. The van der Waals surface area contributed by atoms with E-state index in [1.807, 2.05) is 23.9 Å². The van der Waals surface area contributed by atoms with Gasteiger partial charge in [0, 0.05) is 59.9 Å². The molecule has 144 valence electrons. The molecule has 0 bridgehead atoms. The van der Waals surface area contributed by atoms with Crippen LogP contribution in [0.2, 0.25) is 0 Å². The first kappa shape index (κ1) is 18.8. The van der Waals surface area contributed by atoms with Crippen LogP contribution in [-0.4, -0.2) is 80.9 Å². The zero-order valence-electron chi connectivity index (χ0n) is 16.2. The van der Waals surface area contributed by atoms with Gasteiger partial charge in [-0.3, -0.25) is 4.79 Å². The number of aromatic nitrogens is 2. The van der Waals surface area contributed by atoms with Crippen LogP contribution in [0.1, 0.15) is 24.6 Å². The van der Waals surface area contributed by atoms with Crippen LogP contribution in [0.4, 0.5) is 11.8 Å². The van der Waals surface area contributed by atoms with E-state index in [4.69, 9.17) is 19.4 Å². The Morgan fingerprint density at radius 3 is 2.85 bits per heavy atom. The molecule has 0 radical (unpaired) electrons. The molecule has 1 aromatic rings. The molecule has 3 rings (SSSR count).